The van der Waals surface area contributed by atoms with Gasteiger partial charge in [-0.3, -0.25) is 29.8 Å². The molecule has 168 valence electrons. The van der Waals surface area contributed by atoms with E-state index in [1.54, 1.807) is 48.5 Å². The highest BCUT2D eigenvalue weighted by Crippen LogP contribution is 2.20. The highest BCUT2D eigenvalue weighted by molar-refractivity contribution is 7.99. The molecule has 0 aliphatic heterocycles. The van der Waals surface area contributed by atoms with Crippen LogP contribution in [0.3, 0.4) is 0 Å². The fourth-order valence-electron chi connectivity index (χ4n) is 2.90. The Labute approximate surface area is 194 Å². The minimum Gasteiger partial charge on any atom is -0.382 e. The van der Waals surface area contributed by atoms with E-state index in [4.69, 9.17) is 16.3 Å². The molecule has 0 bridgehead atoms. The average molecular weight is 475 g/mol. The number of hydrogen-bond donors (Lipinski definition) is 2. The first-order valence-electron chi connectivity index (χ1n) is 10.0. The molecule has 0 unspecified atom stereocenters. The van der Waals surface area contributed by atoms with E-state index in [2.05, 4.69) is 15.8 Å². The Morgan fingerprint density at radius 2 is 1.94 bits per heavy atom. The standard InChI is InChI=1S/C22H23ClN4O4S/c1-2-31-12-6-11-27-21(30)17-10-9-16(23)13-18(17)24-22(27)32-14-19(28)25-26-20(29)15-7-4-3-5-8-15/h3-5,7-10,13H,2,6,11-12,14H2,1H3,(H,25,28)(H,26,29). The number of thioether (sulfide) groups is 1. The van der Waals surface area contributed by atoms with Crippen LogP contribution in [0.1, 0.15) is 23.7 Å². The molecule has 1 heterocycles. The summed E-state index contributed by atoms with van der Waals surface area (Å²) in [4.78, 5) is 41.9. The number of hydrogen-bond acceptors (Lipinski definition) is 6. The van der Waals surface area contributed by atoms with Gasteiger partial charge in [0, 0.05) is 30.3 Å². The number of aromatic nitrogens is 2. The molecule has 0 fully saturated rings. The second kappa shape index (κ2) is 11.7. The highest BCUT2D eigenvalue weighted by Gasteiger charge is 2.14. The van der Waals surface area contributed by atoms with Crippen molar-refractivity contribution in [2.45, 2.75) is 25.0 Å². The number of benzene rings is 2. The van der Waals surface area contributed by atoms with Gasteiger partial charge in [-0.1, -0.05) is 41.6 Å². The molecule has 0 aliphatic carbocycles. The van der Waals surface area contributed by atoms with Crippen LogP contribution in [0, 0.1) is 0 Å². The van der Waals surface area contributed by atoms with Crippen LogP contribution in [0.2, 0.25) is 5.02 Å². The molecule has 10 heteroatoms. The van der Waals surface area contributed by atoms with E-state index in [0.717, 1.165) is 11.8 Å². The van der Waals surface area contributed by atoms with Gasteiger partial charge in [0.2, 0.25) is 5.91 Å². The quantitative estimate of drug-likeness (QED) is 0.214. The van der Waals surface area contributed by atoms with E-state index in [9.17, 15) is 14.4 Å². The molecule has 0 radical (unpaired) electrons. The number of ether oxygens (including phenoxy) is 1. The summed E-state index contributed by atoms with van der Waals surface area (Å²) in [6.07, 6.45) is 0.626. The third kappa shape index (κ3) is 6.32. The predicted octanol–water partition coefficient (Wildman–Crippen LogP) is 3.03. The van der Waals surface area contributed by atoms with Crippen molar-refractivity contribution in [2.24, 2.45) is 0 Å². The van der Waals surface area contributed by atoms with Crippen LogP contribution in [0.15, 0.2) is 58.5 Å². The fourth-order valence-corrected chi connectivity index (χ4v) is 3.90. The SMILES string of the molecule is CCOCCCn1c(SCC(=O)NNC(=O)c2ccccc2)nc2cc(Cl)ccc2c1=O. The van der Waals surface area contributed by atoms with Crippen LogP contribution >= 0.6 is 23.4 Å². The minimum atomic E-state index is -0.430. The molecule has 0 spiro atoms. The smallest absolute Gasteiger partial charge is 0.269 e. The first-order valence-corrected chi connectivity index (χ1v) is 11.4. The largest absolute Gasteiger partial charge is 0.382 e. The van der Waals surface area contributed by atoms with Crippen molar-refractivity contribution in [1.82, 2.24) is 20.4 Å². The maximum absolute atomic E-state index is 13.0. The zero-order valence-corrected chi connectivity index (χ0v) is 19.0. The average Bonchev–Trinajstić information content (AvgIpc) is 2.80. The number of amides is 2. The zero-order chi connectivity index (χ0) is 22.9. The van der Waals surface area contributed by atoms with E-state index >= 15 is 0 Å². The molecule has 3 rings (SSSR count). The van der Waals surface area contributed by atoms with Gasteiger partial charge < -0.3 is 4.74 Å². The van der Waals surface area contributed by atoms with Gasteiger partial charge in [-0.15, -0.1) is 0 Å². The Bertz CT molecular complexity index is 1150. The van der Waals surface area contributed by atoms with Gasteiger partial charge in [0.25, 0.3) is 11.5 Å². The number of carbonyl (C=O) groups excluding carboxylic acids is 2. The molecule has 1 aromatic heterocycles. The van der Waals surface area contributed by atoms with Crippen molar-refractivity contribution >= 4 is 46.1 Å². The number of carbonyl (C=O) groups is 2. The van der Waals surface area contributed by atoms with E-state index in [1.807, 2.05) is 6.92 Å². The molecule has 2 N–H and O–H groups in total. The lowest BCUT2D eigenvalue weighted by molar-refractivity contribution is -0.119. The monoisotopic (exact) mass is 474 g/mol. The van der Waals surface area contributed by atoms with E-state index in [-0.39, 0.29) is 11.3 Å². The Balaban J connectivity index is 1.70. The van der Waals surface area contributed by atoms with Crippen molar-refractivity contribution in [3.05, 3.63) is 69.5 Å². The van der Waals surface area contributed by atoms with Gasteiger partial charge in [-0.25, -0.2) is 4.98 Å². The van der Waals surface area contributed by atoms with Crippen molar-refractivity contribution in [2.75, 3.05) is 19.0 Å². The van der Waals surface area contributed by atoms with Crippen molar-refractivity contribution < 1.29 is 14.3 Å². The van der Waals surface area contributed by atoms with Crippen LogP contribution in [-0.2, 0) is 16.1 Å². The lowest BCUT2D eigenvalue weighted by atomic mass is 10.2. The number of hydrazine groups is 1. The Morgan fingerprint density at radius 3 is 2.69 bits per heavy atom. The third-order valence-electron chi connectivity index (χ3n) is 4.44. The number of nitrogens with zero attached hydrogens (tertiary/aromatic N) is 2. The molecule has 0 saturated carbocycles. The molecule has 0 saturated heterocycles. The van der Waals surface area contributed by atoms with Gasteiger partial charge in [-0.05, 0) is 43.7 Å². The van der Waals surface area contributed by atoms with Gasteiger partial charge in [0.1, 0.15) is 0 Å². The first kappa shape index (κ1) is 23.8. The number of fused-ring (bicyclic) bond motifs is 1. The van der Waals surface area contributed by atoms with E-state index < -0.39 is 11.8 Å². The maximum atomic E-state index is 13.0. The number of halogens is 1. The second-order valence-electron chi connectivity index (χ2n) is 6.72. The summed E-state index contributed by atoms with van der Waals surface area (Å²) in [5.74, 6) is -0.894. The highest BCUT2D eigenvalue weighted by atomic mass is 35.5. The third-order valence-corrected chi connectivity index (χ3v) is 5.65. The molecule has 0 atom stereocenters. The molecular formula is C22H23ClN4O4S. The van der Waals surface area contributed by atoms with Gasteiger partial charge >= 0.3 is 0 Å². The first-order chi connectivity index (χ1) is 15.5. The molecular weight excluding hydrogens is 452 g/mol. The summed E-state index contributed by atoms with van der Waals surface area (Å²) in [5, 5.41) is 1.32. The minimum absolute atomic E-state index is 0.0426. The van der Waals surface area contributed by atoms with Crippen molar-refractivity contribution in [3.8, 4) is 0 Å². The van der Waals surface area contributed by atoms with Gasteiger partial charge in [0.15, 0.2) is 5.16 Å². The predicted molar refractivity (Wildman–Crippen MR) is 125 cm³/mol. The molecule has 0 aliphatic rings. The normalized spacial score (nSPS) is 10.8. The summed E-state index contributed by atoms with van der Waals surface area (Å²) < 4.78 is 6.90. The Morgan fingerprint density at radius 1 is 1.16 bits per heavy atom. The van der Waals surface area contributed by atoms with Crippen molar-refractivity contribution in [3.63, 3.8) is 0 Å². The molecule has 2 aromatic carbocycles. The summed E-state index contributed by atoms with van der Waals surface area (Å²) in [7, 11) is 0. The molecule has 32 heavy (non-hydrogen) atoms. The fraction of sp³-hybridized carbons (Fsp3) is 0.273. The molecule has 2 amide bonds. The van der Waals surface area contributed by atoms with Gasteiger partial charge in [0.05, 0.1) is 16.7 Å². The lowest BCUT2D eigenvalue weighted by Crippen LogP contribution is -2.42. The lowest BCUT2D eigenvalue weighted by Gasteiger charge is -2.13. The van der Waals surface area contributed by atoms with E-state index in [0.29, 0.717) is 52.8 Å². The van der Waals surface area contributed by atoms with Crippen LogP contribution in [0.5, 0.6) is 0 Å². The van der Waals surface area contributed by atoms with Crippen LogP contribution in [0.4, 0.5) is 0 Å². The van der Waals surface area contributed by atoms with Crippen LogP contribution < -0.4 is 16.4 Å². The van der Waals surface area contributed by atoms with Crippen LogP contribution in [0.25, 0.3) is 10.9 Å². The van der Waals surface area contributed by atoms with E-state index in [1.165, 1.54) is 4.57 Å². The molecule has 8 nitrogen and oxygen atoms in total. The topological polar surface area (TPSA) is 102 Å². The summed E-state index contributed by atoms with van der Waals surface area (Å²) >= 11 is 7.16. The van der Waals surface area contributed by atoms with Crippen LogP contribution in [-0.4, -0.2) is 40.3 Å². The molecule has 3 aromatic rings. The Kier molecular flexibility index (Phi) is 8.66. The summed E-state index contributed by atoms with van der Waals surface area (Å²) in [5.41, 5.74) is 5.43. The number of rotatable bonds is 9. The zero-order valence-electron chi connectivity index (χ0n) is 17.5. The van der Waals surface area contributed by atoms with Gasteiger partial charge in [-0.2, -0.15) is 0 Å². The number of nitrogens with one attached hydrogen (secondary N) is 2. The van der Waals surface area contributed by atoms with Crippen molar-refractivity contribution in [1.29, 1.82) is 0 Å². The summed E-state index contributed by atoms with van der Waals surface area (Å²) in [6, 6.07) is 13.4. The Hall–Kier alpha value is -2.88. The summed E-state index contributed by atoms with van der Waals surface area (Å²) in [6.45, 7) is 3.42. The second-order valence-corrected chi connectivity index (χ2v) is 8.10. The maximum Gasteiger partial charge on any atom is 0.269 e.